The van der Waals surface area contributed by atoms with Crippen LogP contribution in [0.3, 0.4) is 0 Å². The van der Waals surface area contributed by atoms with Crippen molar-refractivity contribution in [2.24, 2.45) is 13.0 Å². The largest absolute Gasteiger partial charge is 0.486 e. The van der Waals surface area contributed by atoms with Gasteiger partial charge in [0.15, 0.2) is 11.5 Å². The van der Waals surface area contributed by atoms with Gasteiger partial charge in [-0.25, -0.2) is 0 Å². The Morgan fingerprint density at radius 1 is 1.29 bits per heavy atom. The van der Waals surface area contributed by atoms with Crippen molar-refractivity contribution in [3.8, 4) is 22.8 Å². The lowest BCUT2D eigenvalue weighted by atomic mass is 9.98. The van der Waals surface area contributed by atoms with E-state index >= 15 is 0 Å². The zero-order chi connectivity index (χ0) is 15.0. The number of ether oxygens (including phenoxy) is 2. The zero-order valence-corrected chi connectivity index (χ0v) is 12.7. The number of nitrogens with two attached hydrogens (primary N) is 1. The van der Waals surface area contributed by atoms with Gasteiger partial charge in [0.25, 0.3) is 0 Å². The van der Waals surface area contributed by atoms with E-state index in [0.717, 1.165) is 34.7 Å². The number of para-hydroxylation sites is 1. The van der Waals surface area contributed by atoms with Gasteiger partial charge in [0.2, 0.25) is 0 Å². The summed E-state index contributed by atoms with van der Waals surface area (Å²) < 4.78 is 13.2. The number of nitrogens with zero attached hydrogens (tertiary/aromatic N) is 2. The van der Waals surface area contributed by atoms with Crippen LogP contribution in [0.25, 0.3) is 11.3 Å². The third-order valence-electron chi connectivity index (χ3n) is 3.63. The summed E-state index contributed by atoms with van der Waals surface area (Å²) in [6, 6.07) is 5.90. The Hall–Kier alpha value is -2.17. The first-order chi connectivity index (χ1) is 10.1. The summed E-state index contributed by atoms with van der Waals surface area (Å²) in [6.45, 7) is 5.50. The predicted molar refractivity (Wildman–Crippen MR) is 82.6 cm³/mol. The number of aryl methyl sites for hydroxylation is 1. The quantitative estimate of drug-likeness (QED) is 0.942. The highest BCUT2D eigenvalue weighted by Crippen LogP contribution is 2.41. The summed E-state index contributed by atoms with van der Waals surface area (Å²) in [6.07, 6.45) is 0.888. The van der Waals surface area contributed by atoms with Crippen molar-refractivity contribution in [2.45, 2.75) is 20.3 Å². The van der Waals surface area contributed by atoms with Gasteiger partial charge in [0.1, 0.15) is 24.7 Å². The Labute approximate surface area is 124 Å². The number of hydrogen-bond acceptors (Lipinski definition) is 4. The van der Waals surface area contributed by atoms with E-state index in [9.17, 15) is 0 Å². The SMILES string of the molecule is CC(C)Cc1c(-c2cccc3c2OCCO3)nn(C)c1N. The fourth-order valence-corrected chi connectivity index (χ4v) is 2.67. The van der Waals surface area contributed by atoms with E-state index in [1.807, 2.05) is 25.2 Å². The Balaban J connectivity index is 2.15. The van der Waals surface area contributed by atoms with E-state index < -0.39 is 0 Å². The summed E-state index contributed by atoms with van der Waals surface area (Å²) in [7, 11) is 1.87. The van der Waals surface area contributed by atoms with Crippen molar-refractivity contribution >= 4 is 5.82 Å². The van der Waals surface area contributed by atoms with Gasteiger partial charge in [0, 0.05) is 18.2 Å². The minimum Gasteiger partial charge on any atom is -0.486 e. The van der Waals surface area contributed by atoms with Gasteiger partial charge in [-0.05, 0) is 24.5 Å². The van der Waals surface area contributed by atoms with E-state index in [0.29, 0.717) is 24.9 Å². The highest BCUT2D eigenvalue weighted by atomic mass is 16.6. The first-order valence-corrected chi connectivity index (χ1v) is 7.28. The van der Waals surface area contributed by atoms with Crippen molar-refractivity contribution in [1.82, 2.24) is 9.78 Å². The van der Waals surface area contributed by atoms with Gasteiger partial charge in [0.05, 0.1) is 0 Å². The maximum Gasteiger partial charge on any atom is 0.170 e. The maximum atomic E-state index is 6.19. The van der Waals surface area contributed by atoms with E-state index in [-0.39, 0.29) is 0 Å². The molecule has 2 heterocycles. The molecule has 0 saturated carbocycles. The Bertz CT molecular complexity index is 662. The molecule has 0 bridgehead atoms. The molecule has 0 radical (unpaired) electrons. The van der Waals surface area contributed by atoms with Crippen LogP contribution in [-0.2, 0) is 13.5 Å². The average Bonchev–Trinajstić information content (AvgIpc) is 2.74. The van der Waals surface area contributed by atoms with E-state index in [4.69, 9.17) is 15.2 Å². The first kappa shape index (κ1) is 13.8. The van der Waals surface area contributed by atoms with Gasteiger partial charge in [-0.3, -0.25) is 4.68 Å². The smallest absolute Gasteiger partial charge is 0.170 e. The number of benzene rings is 1. The Morgan fingerprint density at radius 3 is 2.81 bits per heavy atom. The van der Waals surface area contributed by atoms with Crippen LogP contribution in [0.1, 0.15) is 19.4 Å². The predicted octanol–water partition coefficient (Wildman–Crippen LogP) is 2.64. The molecule has 3 rings (SSSR count). The molecule has 2 N–H and O–H groups in total. The molecule has 1 aliphatic rings. The van der Waals surface area contributed by atoms with Crippen LogP contribution < -0.4 is 15.2 Å². The molecule has 1 aliphatic heterocycles. The lowest BCUT2D eigenvalue weighted by molar-refractivity contribution is 0.172. The molecule has 2 aromatic rings. The molecule has 5 nitrogen and oxygen atoms in total. The molecule has 1 aromatic carbocycles. The van der Waals surface area contributed by atoms with Crippen LogP contribution in [0, 0.1) is 5.92 Å². The molecule has 112 valence electrons. The third kappa shape index (κ3) is 2.44. The van der Waals surface area contributed by atoms with Crippen LogP contribution in [0.4, 0.5) is 5.82 Å². The van der Waals surface area contributed by atoms with Crippen LogP contribution in [0.2, 0.25) is 0 Å². The van der Waals surface area contributed by atoms with Gasteiger partial charge < -0.3 is 15.2 Å². The van der Waals surface area contributed by atoms with Gasteiger partial charge in [-0.1, -0.05) is 19.9 Å². The van der Waals surface area contributed by atoms with E-state index in [2.05, 4.69) is 18.9 Å². The summed E-state index contributed by atoms with van der Waals surface area (Å²) >= 11 is 0. The summed E-state index contributed by atoms with van der Waals surface area (Å²) in [5, 5.41) is 4.60. The lowest BCUT2D eigenvalue weighted by Gasteiger charge is -2.20. The minimum absolute atomic E-state index is 0.506. The monoisotopic (exact) mass is 287 g/mol. The van der Waals surface area contributed by atoms with Crippen LogP contribution in [0.5, 0.6) is 11.5 Å². The van der Waals surface area contributed by atoms with Gasteiger partial charge >= 0.3 is 0 Å². The fraction of sp³-hybridized carbons (Fsp3) is 0.438. The van der Waals surface area contributed by atoms with Crippen molar-refractivity contribution in [3.05, 3.63) is 23.8 Å². The van der Waals surface area contributed by atoms with Crippen molar-refractivity contribution in [1.29, 1.82) is 0 Å². The molecule has 0 aliphatic carbocycles. The molecule has 21 heavy (non-hydrogen) atoms. The second kappa shape index (κ2) is 5.31. The van der Waals surface area contributed by atoms with Crippen molar-refractivity contribution in [3.63, 3.8) is 0 Å². The molecule has 0 saturated heterocycles. The highest BCUT2D eigenvalue weighted by Gasteiger charge is 2.23. The first-order valence-electron chi connectivity index (χ1n) is 7.28. The molecule has 5 heteroatoms. The Morgan fingerprint density at radius 2 is 2.05 bits per heavy atom. The van der Waals surface area contributed by atoms with Crippen LogP contribution >= 0.6 is 0 Å². The number of rotatable bonds is 3. The van der Waals surface area contributed by atoms with Crippen LogP contribution in [0.15, 0.2) is 18.2 Å². The topological polar surface area (TPSA) is 62.3 Å². The molecule has 0 atom stereocenters. The lowest BCUT2D eigenvalue weighted by Crippen LogP contribution is -2.16. The molecular formula is C16H21N3O2. The van der Waals surface area contributed by atoms with E-state index in [1.165, 1.54) is 0 Å². The molecule has 0 unspecified atom stereocenters. The normalized spacial score (nSPS) is 13.7. The minimum atomic E-state index is 0.506. The maximum absolute atomic E-state index is 6.19. The summed E-state index contributed by atoms with van der Waals surface area (Å²) in [4.78, 5) is 0. The number of aromatic nitrogens is 2. The molecule has 1 aromatic heterocycles. The summed E-state index contributed by atoms with van der Waals surface area (Å²) in [5.41, 5.74) is 9.12. The highest BCUT2D eigenvalue weighted by molar-refractivity contribution is 5.76. The standard InChI is InChI=1S/C16H21N3O2/c1-10(2)9-12-14(18-19(3)16(12)17)11-5-4-6-13-15(11)21-8-7-20-13/h4-6,10H,7-9,17H2,1-3H3. The molecule has 0 spiro atoms. The van der Waals surface area contributed by atoms with Crippen LogP contribution in [-0.4, -0.2) is 23.0 Å². The Kier molecular flexibility index (Phi) is 3.49. The number of nitrogen functional groups attached to an aromatic ring is 1. The fourth-order valence-electron chi connectivity index (χ4n) is 2.67. The molecular weight excluding hydrogens is 266 g/mol. The second-order valence-electron chi connectivity index (χ2n) is 5.76. The molecule has 0 fully saturated rings. The van der Waals surface area contributed by atoms with Crippen molar-refractivity contribution < 1.29 is 9.47 Å². The average molecular weight is 287 g/mol. The van der Waals surface area contributed by atoms with E-state index in [1.54, 1.807) is 4.68 Å². The van der Waals surface area contributed by atoms with Gasteiger partial charge in [-0.2, -0.15) is 5.10 Å². The second-order valence-corrected chi connectivity index (χ2v) is 5.76. The zero-order valence-electron chi connectivity index (χ0n) is 12.7. The molecule has 0 amide bonds. The number of anilines is 1. The number of fused-ring (bicyclic) bond motifs is 1. The summed E-state index contributed by atoms with van der Waals surface area (Å²) in [5.74, 6) is 2.77. The van der Waals surface area contributed by atoms with Gasteiger partial charge in [-0.15, -0.1) is 0 Å². The number of hydrogen-bond donors (Lipinski definition) is 1. The third-order valence-corrected chi connectivity index (χ3v) is 3.63. The van der Waals surface area contributed by atoms with Crippen molar-refractivity contribution in [2.75, 3.05) is 18.9 Å².